The summed E-state index contributed by atoms with van der Waals surface area (Å²) in [6.07, 6.45) is 0. The highest BCUT2D eigenvalue weighted by Gasteiger charge is 2.01. The van der Waals surface area contributed by atoms with Crippen molar-refractivity contribution in [3.63, 3.8) is 0 Å². The number of nitrogens with zero attached hydrogens (tertiary/aromatic N) is 1. The number of aryl methyl sites for hydroxylation is 2. The van der Waals surface area contributed by atoms with E-state index < -0.39 is 0 Å². The van der Waals surface area contributed by atoms with E-state index >= 15 is 0 Å². The summed E-state index contributed by atoms with van der Waals surface area (Å²) in [5, 5.41) is 5.40. The van der Waals surface area contributed by atoms with Crippen molar-refractivity contribution >= 4 is 28.2 Å². The number of halogens is 1. The smallest absolute Gasteiger partial charge is 0.0705 e. The van der Waals surface area contributed by atoms with Gasteiger partial charge in [-0.25, -0.2) is 0 Å². The van der Waals surface area contributed by atoms with E-state index in [1.165, 1.54) is 10.9 Å². The van der Waals surface area contributed by atoms with Crippen LogP contribution >= 0.6 is 11.6 Å². The van der Waals surface area contributed by atoms with Crippen LogP contribution in [0.1, 0.15) is 16.8 Å². The average molecular weight is 297 g/mol. The van der Waals surface area contributed by atoms with E-state index in [-0.39, 0.29) is 0 Å². The van der Waals surface area contributed by atoms with Crippen LogP contribution in [0.2, 0.25) is 5.02 Å². The van der Waals surface area contributed by atoms with Crippen molar-refractivity contribution in [3.8, 4) is 0 Å². The molecule has 0 bridgehead atoms. The summed E-state index contributed by atoms with van der Waals surface area (Å²) >= 11 is 5.98. The van der Waals surface area contributed by atoms with Gasteiger partial charge in [-0.3, -0.25) is 4.98 Å². The van der Waals surface area contributed by atoms with Crippen molar-refractivity contribution in [1.29, 1.82) is 0 Å². The summed E-state index contributed by atoms with van der Waals surface area (Å²) in [4.78, 5) is 4.52. The molecule has 2 nitrogen and oxygen atoms in total. The van der Waals surface area contributed by atoms with Crippen LogP contribution in [-0.2, 0) is 6.54 Å². The molecule has 106 valence electrons. The summed E-state index contributed by atoms with van der Waals surface area (Å²) in [5.74, 6) is 0. The number of fused-ring (bicyclic) bond motifs is 1. The number of pyridine rings is 1. The van der Waals surface area contributed by atoms with Crippen LogP contribution in [0.15, 0.2) is 48.5 Å². The number of rotatable bonds is 3. The first-order valence-electron chi connectivity index (χ1n) is 6.98. The molecule has 3 rings (SSSR count). The van der Waals surface area contributed by atoms with E-state index in [9.17, 15) is 0 Å². The molecule has 0 unspecified atom stereocenters. The van der Waals surface area contributed by atoms with Gasteiger partial charge in [-0.15, -0.1) is 0 Å². The van der Waals surface area contributed by atoms with Gasteiger partial charge in [0.2, 0.25) is 0 Å². The number of benzene rings is 2. The normalized spacial score (nSPS) is 10.8. The van der Waals surface area contributed by atoms with Gasteiger partial charge in [0.25, 0.3) is 0 Å². The van der Waals surface area contributed by atoms with E-state index in [0.717, 1.165) is 34.0 Å². The van der Waals surface area contributed by atoms with Crippen molar-refractivity contribution in [1.82, 2.24) is 4.98 Å². The Morgan fingerprint density at radius 2 is 1.86 bits per heavy atom. The van der Waals surface area contributed by atoms with Gasteiger partial charge in [0.05, 0.1) is 5.52 Å². The summed E-state index contributed by atoms with van der Waals surface area (Å²) in [6, 6.07) is 16.4. The molecular formula is C18H17ClN2. The number of hydrogen-bond donors (Lipinski definition) is 1. The van der Waals surface area contributed by atoms with Gasteiger partial charge >= 0.3 is 0 Å². The number of hydrogen-bond acceptors (Lipinski definition) is 2. The molecule has 2 aromatic carbocycles. The maximum absolute atomic E-state index is 5.98. The van der Waals surface area contributed by atoms with Gasteiger partial charge in [-0.2, -0.15) is 0 Å². The summed E-state index contributed by atoms with van der Waals surface area (Å²) in [5.41, 5.74) is 5.59. The topological polar surface area (TPSA) is 24.9 Å². The van der Waals surface area contributed by atoms with Crippen molar-refractivity contribution < 1.29 is 0 Å². The molecule has 0 spiro atoms. The molecule has 0 saturated carbocycles. The second-order valence-electron chi connectivity index (χ2n) is 5.29. The molecule has 0 radical (unpaired) electrons. The Hall–Kier alpha value is -2.06. The molecule has 1 aromatic heterocycles. The minimum Gasteiger partial charge on any atom is -0.381 e. The Balaban J connectivity index is 1.80. The molecule has 0 atom stereocenters. The zero-order valence-corrected chi connectivity index (χ0v) is 12.9. The first kappa shape index (κ1) is 13.9. The van der Waals surface area contributed by atoms with Gasteiger partial charge < -0.3 is 5.32 Å². The van der Waals surface area contributed by atoms with Crippen molar-refractivity contribution in [3.05, 3.63) is 70.4 Å². The van der Waals surface area contributed by atoms with E-state index in [0.29, 0.717) is 0 Å². The van der Waals surface area contributed by atoms with Gasteiger partial charge in [-0.1, -0.05) is 23.7 Å². The minimum atomic E-state index is 0.769. The zero-order chi connectivity index (χ0) is 14.8. The van der Waals surface area contributed by atoms with Gasteiger partial charge in [0.1, 0.15) is 0 Å². The van der Waals surface area contributed by atoms with Crippen LogP contribution in [0, 0.1) is 13.8 Å². The van der Waals surface area contributed by atoms with Crippen LogP contribution in [0.4, 0.5) is 5.69 Å². The lowest BCUT2D eigenvalue weighted by molar-refractivity contribution is 1.14. The maximum atomic E-state index is 5.98. The third-order valence-corrected chi connectivity index (χ3v) is 3.80. The lowest BCUT2D eigenvalue weighted by Crippen LogP contribution is -2.01. The molecule has 0 fully saturated rings. The second-order valence-corrected chi connectivity index (χ2v) is 5.73. The number of nitrogens with one attached hydrogen (secondary N) is 1. The second kappa shape index (κ2) is 5.74. The quantitative estimate of drug-likeness (QED) is 0.726. The fourth-order valence-corrected chi connectivity index (χ4v) is 2.64. The number of anilines is 1. The highest BCUT2D eigenvalue weighted by atomic mass is 35.5. The Morgan fingerprint density at radius 1 is 1.00 bits per heavy atom. The highest BCUT2D eigenvalue weighted by molar-refractivity contribution is 6.30. The Kier molecular flexibility index (Phi) is 3.80. The molecule has 1 N–H and O–H groups in total. The van der Waals surface area contributed by atoms with Gasteiger partial charge in [0, 0.05) is 28.3 Å². The SMILES string of the molecule is Cc1ccc2cc(CNc3ccc(Cl)cc3C)ccc2n1. The predicted octanol–water partition coefficient (Wildman–Crippen LogP) is 5.12. The van der Waals surface area contributed by atoms with E-state index in [4.69, 9.17) is 11.6 Å². The van der Waals surface area contributed by atoms with E-state index in [2.05, 4.69) is 41.5 Å². The van der Waals surface area contributed by atoms with Crippen molar-refractivity contribution in [2.45, 2.75) is 20.4 Å². The van der Waals surface area contributed by atoms with Gasteiger partial charge in [0.15, 0.2) is 0 Å². The molecule has 0 saturated heterocycles. The molecule has 0 aliphatic heterocycles. The molecule has 3 heteroatoms. The minimum absolute atomic E-state index is 0.769. The molecule has 0 aliphatic rings. The summed E-state index contributed by atoms with van der Waals surface area (Å²) in [7, 11) is 0. The van der Waals surface area contributed by atoms with Crippen molar-refractivity contribution in [2.75, 3.05) is 5.32 Å². The van der Waals surface area contributed by atoms with Crippen LogP contribution in [-0.4, -0.2) is 4.98 Å². The largest absolute Gasteiger partial charge is 0.381 e. The van der Waals surface area contributed by atoms with Crippen LogP contribution < -0.4 is 5.32 Å². The lowest BCUT2D eigenvalue weighted by Gasteiger charge is -2.10. The third kappa shape index (κ3) is 3.17. The average Bonchev–Trinajstić information content (AvgIpc) is 2.46. The molecule has 3 aromatic rings. The Morgan fingerprint density at radius 3 is 2.67 bits per heavy atom. The number of aromatic nitrogens is 1. The maximum Gasteiger partial charge on any atom is 0.0705 e. The highest BCUT2D eigenvalue weighted by Crippen LogP contribution is 2.21. The fourth-order valence-electron chi connectivity index (χ4n) is 2.41. The first-order valence-corrected chi connectivity index (χ1v) is 7.36. The van der Waals surface area contributed by atoms with Crippen molar-refractivity contribution in [2.24, 2.45) is 0 Å². The van der Waals surface area contributed by atoms with E-state index in [1.807, 2.05) is 31.2 Å². The van der Waals surface area contributed by atoms with Crippen LogP contribution in [0.3, 0.4) is 0 Å². The molecule has 1 heterocycles. The summed E-state index contributed by atoms with van der Waals surface area (Å²) in [6.45, 7) is 4.85. The van der Waals surface area contributed by atoms with Gasteiger partial charge in [-0.05, 0) is 61.4 Å². The molecule has 0 aliphatic carbocycles. The lowest BCUT2D eigenvalue weighted by atomic mass is 10.1. The molecule has 0 amide bonds. The third-order valence-electron chi connectivity index (χ3n) is 3.56. The Labute approximate surface area is 129 Å². The standard InChI is InChI=1S/C18H17ClN2/c1-12-9-16(19)6-8-17(12)20-11-14-4-7-18-15(10-14)5-3-13(2)21-18/h3-10,20H,11H2,1-2H3. The van der Waals surface area contributed by atoms with Crippen LogP contribution in [0.5, 0.6) is 0 Å². The Bertz CT molecular complexity index is 796. The van der Waals surface area contributed by atoms with Crippen LogP contribution in [0.25, 0.3) is 10.9 Å². The first-order chi connectivity index (χ1) is 10.1. The predicted molar refractivity (Wildman–Crippen MR) is 90.0 cm³/mol. The summed E-state index contributed by atoms with van der Waals surface area (Å²) < 4.78 is 0. The molecular weight excluding hydrogens is 280 g/mol. The monoisotopic (exact) mass is 296 g/mol. The van der Waals surface area contributed by atoms with E-state index in [1.54, 1.807) is 0 Å². The zero-order valence-electron chi connectivity index (χ0n) is 12.2. The fraction of sp³-hybridized carbons (Fsp3) is 0.167. The molecule has 21 heavy (non-hydrogen) atoms.